The second-order valence-electron chi connectivity index (χ2n) is 8.33. The molecule has 1 heterocycles. The van der Waals surface area contributed by atoms with Crippen molar-refractivity contribution in [2.45, 2.75) is 12.0 Å². The van der Waals surface area contributed by atoms with Crippen molar-refractivity contribution in [3.05, 3.63) is 132 Å². The number of hydrogen-bond donors (Lipinski definition) is 0. The third-order valence-electron chi connectivity index (χ3n) is 6.61. The van der Waals surface area contributed by atoms with Crippen LogP contribution in [-0.4, -0.2) is 16.7 Å². The van der Waals surface area contributed by atoms with E-state index in [1.54, 1.807) is 30.3 Å². The highest BCUT2D eigenvalue weighted by Crippen LogP contribution is 2.59. The highest BCUT2D eigenvalue weighted by Gasteiger charge is 2.64. The van der Waals surface area contributed by atoms with Crippen LogP contribution in [-0.2, 0) is 9.59 Å². The van der Waals surface area contributed by atoms with Crippen LogP contribution in [0.15, 0.2) is 115 Å². The average molecular weight is 423 g/mol. The Balaban J connectivity index is 1.64. The number of imide groups is 1. The van der Waals surface area contributed by atoms with Crippen molar-refractivity contribution < 1.29 is 16.4 Å². The van der Waals surface area contributed by atoms with Crippen molar-refractivity contribution in [1.29, 1.82) is 0 Å². The van der Waals surface area contributed by atoms with Crippen LogP contribution in [0, 0.1) is 17.2 Å². The van der Waals surface area contributed by atoms with E-state index in [2.05, 4.69) is 0 Å². The molecule has 3 aromatic rings. The summed E-state index contributed by atoms with van der Waals surface area (Å²) in [5.41, 5.74) is -0.225. The summed E-state index contributed by atoms with van der Waals surface area (Å²) in [5, 5.41) is 0. The van der Waals surface area contributed by atoms with Gasteiger partial charge in [0.05, 0.1) is 22.9 Å². The predicted molar refractivity (Wildman–Crippen MR) is 123 cm³/mol. The molecule has 1 fully saturated rings. The molecule has 2 amide bonds. The van der Waals surface area contributed by atoms with Gasteiger partial charge in [0.1, 0.15) is 0 Å². The Hall–Kier alpha value is -3.72. The Morgan fingerprint density at radius 2 is 1.28 bits per heavy atom. The summed E-state index contributed by atoms with van der Waals surface area (Å²) in [5.74, 6) is -5.85. The van der Waals surface area contributed by atoms with Crippen LogP contribution in [0.4, 0.5) is 0 Å². The fourth-order valence-corrected chi connectivity index (χ4v) is 5.15. The topological polar surface area (TPSA) is 37.4 Å². The maximum Gasteiger partial charge on any atom is 0.244 e. The van der Waals surface area contributed by atoms with Crippen molar-refractivity contribution >= 4 is 11.8 Å². The van der Waals surface area contributed by atoms with Crippen LogP contribution in [0.25, 0.3) is 0 Å². The number of allylic oxidation sites excluding steroid dienone is 2. The van der Waals surface area contributed by atoms with Gasteiger partial charge in [-0.25, -0.2) is 0 Å². The molecule has 32 heavy (non-hydrogen) atoms. The SMILES string of the molecule is [2H]C1=C([2H])C23C(=O)N(C(c4ccccc4)c4ccccc4)C(=O)[C@H]2[C@H](c2ccccc2)C1([2H])C([2H])=C3[2H]. The normalized spacial score (nSPS) is 33.7. The van der Waals surface area contributed by atoms with E-state index in [1.165, 1.54) is 0 Å². The third kappa shape index (κ3) is 2.61. The van der Waals surface area contributed by atoms with Gasteiger partial charge in [0.2, 0.25) is 11.8 Å². The smallest absolute Gasteiger partial charge is 0.244 e. The van der Waals surface area contributed by atoms with Gasteiger partial charge in [-0.05, 0) is 16.7 Å². The van der Waals surface area contributed by atoms with Crippen LogP contribution in [0.5, 0.6) is 0 Å². The van der Waals surface area contributed by atoms with Crippen LogP contribution in [0.2, 0.25) is 0 Å². The Morgan fingerprint density at radius 3 is 1.81 bits per heavy atom. The minimum Gasteiger partial charge on any atom is -0.274 e. The number of carbonyl (C=O) groups excluding carboxylic acids is 2. The first-order chi connectivity index (χ1) is 17.8. The molecular weight excluding hydrogens is 394 g/mol. The number of amides is 2. The minimum absolute atomic E-state index is 0.502. The maximum absolute atomic E-state index is 14.5. The predicted octanol–water partition coefficient (Wildman–Crippen LogP) is 5.29. The van der Waals surface area contributed by atoms with Crippen LogP contribution in [0.1, 0.15) is 35.5 Å². The quantitative estimate of drug-likeness (QED) is 0.423. The summed E-state index contributed by atoms with van der Waals surface area (Å²) in [7, 11) is 0. The molecule has 1 aliphatic heterocycles. The summed E-state index contributed by atoms with van der Waals surface area (Å²) in [4.78, 5) is 30.0. The van der Waals surface area contributed by atoms with E-state index < -0.39 is 65.2 Å². The van der Waals surface area contributed by atoms with Crippen molar-refractivity contribution in [1.82, 2.24) is 4.90 Å². The molecule has 3 aliphatic carbocycles. The zero-order valence-corrected chi connectivity index (χ0v) is 17.2. The van der Waals surface area contributed by atoms with Gasteiger partial charge in [-0.3, -0.25) is 14.5 Å². The first kappa shape index (κ1) is 14.4. The summed E-state index contributed by atoms with van der Waals surface area (Å²) >= 11 is 0. The molecule has 4 aliphatic rings. The van der Waals surface area contributed by atoms with E-state index in [-0.39, 0.29) is 0 Å². The lowest BCUT2D eigenvalue weighted by atomic mass is 9.57. The van der Waals surface area contributed by atoms with Crippen molar-refractivity contribution in [2.75, 3.05) is 0 Å². The van der Waals surface area contributed by atoms with E-state index in [0.717, 1.165) is 4.90 Å². The second-order valence-corrected chi connectivity index (χ2v) is 8.33. The lowest BCUT2D eigenvalue weighted by Gasteiger charge is -2.42. The van der Waals surface area contributed by atoms with Gasteiger partial charge in [0.15, 0.2) is 0 Å². The number of carbonyl (C=O) groups is 2. The molecule has 0 N–H and O–H groups in total. The summed E-state index contributed by atoms with van der Waals surface area (Å²) in [6, 6.07) is 24.0. The van der Waals surface area contributed by atoms with E-state index in [0.29, 0.717) is 16.7 Å². The third-order valence-corrected chi connectivity index (χ3v) is 6.61. The molecule has 1 spiro atoms. The first-order valence-corrected chi connectivity index (χ1v) is 10.7. The molecule has 3 heteroatoms. The van der Waals surface area contributed by atoms with E-state index in [9.17, 15) is 11.0 Å². The fraction of sp³-hybridized carbons (Fsp3) is 0.172. The molecule has 2 atom stereocenters. The molecule has 3 nitrogen and oxygen atoms in total. The molecule has 7 rings (SSSR count). The number of benzene rings is 3. The number of hydrogen-bond acceptors (Lipinski definition) is 2. The molecule has 0 saturated carbocycles. The average Bonchev–Trinajstić information content (AvgIpc) is 3.15. The molecule has 0 radical (unpaired) electrons. The van der Waals surface area contributed by atoms with Gasteiger partial charge < -0.3 is 0 Å². The van der Waals surface area contributed by atoms with Crippen molar-refractivity contribution in [3.8, 4) is 0 Å². The van der Waals surface area contributed by atoms with Gasteiger partial charge in [0, 0.05) is 13.2 Å². The number of nitrogens with zero attached hydrogens (tertiary/aromatic N) is 1. The molecule has 1 saturated heterocycles. The Kier molecular flexibility index (Phi) is 3.22. The Morgan fingerprint density at radius 1 is 0.781 bits per heavy atom. The molecule has 0 aromatic heterocycles. The van der Waals surface area contributed by atoms with Gasteiger partial charge in [-0.2, -0.15) is 0 Å². The monoisotopic (exact) mass is 422 g/mol. The molecule has 2 bridgehead atoms. The summed E-state index contributed by atoms with van der Waals surface area (Å²) in [6.45, 7) is 0. The highest BCUT2D eigenvalue weighted by molar-refractivity contribution is 6.11. The minimum atomic E-state index is -2.12. The first-order valence-electron chi connectivity index (χ1n) is 13.2. The van der Waals surface area contributed by atoms with Crippen LogP contribution in [0.3, 0.4) is 0 Å². The van der Waals surface area contributed by atoms with Crippen molar-refractivity contribution in [2.24, 2.45) is 17.2 Å². The second kappa shape index (κ2) is 7.16. The maximum atomic E-state index is 14.5. The standard InChI is InChI=1S/C29H23NO2/c31-27-25-24(20-10-4-1-5-11-20)21-16-18-29(25,19-17-21)28(32)30(27)26(22-12-6-2-7-13-22)23-14-8-3-9-15-23/h1-19,21,24-26H/t21?,24-,25-,29?/m1/s1/i16D,17D,18D,19D,21D. The van der Waals surface area contributed by atoms with Crippen LogP contribution >= 0.6 is 0 Å². The number of rotatable bonds is 4. The van der Waals surface area contributed by atoms with Gasteiger partial charge in [-0.1, -0.05) is 115 Å². The summed E-state index contributed by atoms with van der Waals surface area (Å²) < 4.78 is 44.5. The van der Waals surface area contributed by atoms with Gasteiger partial charge >= 0.3 is 0 Å². The molecular formula is C29H23NO2. The van der Waals surface area contributed by atoms with Gasteiger partial charge in [-0.15, -0.1) is 0 Å². The lowest BCUT2D eigenvalue weighted by Crippen LogP contribution is -2.43. The highest BCUT2D eigenvalue weighted by atomic mass is 16.2. The molecule has 0 unspecified atom stereocenters. The fourth-order valence-electron chi connectivity index (χ4n) is 5.15. The molecule has 156 valence electrons. The van der Waals surface area contributed by atoms with Gasteiger partial charge in [0.25, 0.3) is 0 Å². The lowest BCUT2D eigenvalue weighted by molar-refractivity contribution is -0.142. The zero-order chi connectivity index (χ0) is 26.1. The molecule has 3 aromatic carbocycles. The van der Waals surface area contributed by atoms with E-state index >= 15 is 0 Å². The van der Waals surface area contributed by atoms with E-state index in [4.69, 9.17) is 5.48 Å². The van der Waals surface area contributed by atoms with E-state index in [1.807, 2.05) is 60.7 Å². The van der Waals surface area contributed by atoms with Crippen LogP contribution < -0.4 is 0 Å². The Labute approximate surface area is 194 Å². The Bertz CT molecular complexity index is 1420. The largest absolute Gasteiger partial charge is 0.274 e. The number of likely N-dealkylation sites (tertiary alicyclic amines) is 1. The summed E-state index contributed by atoms with van der Waals surface area (Å²) in [6.07, 6.45) is 0. The van der Waals surface area contributed by atoms with Crippen molar-refractivity contribution in [3.63, 3.8) is 0 Å². The zero-order valence-electron chi connectivity index (χ0n) is 22.2.